The zero-order valence-electron chi connectivity index (χ0n) is 8.22. The number of hydrogen-bond acceptors (Lipinski definition) is 2. The first-order valence-electron chi connectivity index (χ1n) is 4.25. The van der Waals surface area contributed by atoms with Crippen LogP contribution in [0, 0.1) is 0 Å². The molecule has 0 N–H and O–H groups in total. The molecule has 0 aliphatic rings. The van der Waals surface area contributed by atoms with Crippen molar-refractivity contribution in [2.45, 2.75) is 52.2 Å². The molecule has 0 amide bonds. The van der Waals surface area contributed by atoms with Gasteiger partial charge in [0.1, 0.15) is 5.60 Å². The highest BCUT2D eigenvalue weighted by molar-refractivity contribution is 5.74. The summed E-state index contributed by atoms with van der Waals surface area (Å²) in [6.45, 7) is 7.13. The van der Waals surface area contributed by atoms with Crippen LogP contribution in [0.4, 0.5) is 0 Å². The van der Waals surface area contributed by atoms with Crippen molar-refractivity contribution in [1.82, 2.24) is 0 Å². The molecule has 0 rings (SSSR count). The second kappa shape index (κ2) is 4.45. The van der Waals surface area contributed by atoms with Crippen LogP contribution in [0.1, 0.15) is 40.5 Å². The van der Waals surface area contributed by atoms with E-state index < -0.39 is 17.7 Å². The molecule has 0 fully saturated rings. The van der Waals surface area contributed by atoms with Crippen molar-refractivity contribution in [2.75, 3.05) is 0 Å². The minimum Gasteiger partial charge on any atom is -0.458 e. The maximum Gasteiger partial charge on any atom is 0.339 e. The molecular weight excluding hydrogens is 156 g/mol. The molecule has 0 heterocycles. The van der Waals surface area contributed by atoms with Gasteiger partial charge < -0.3 is 4.74 Å². The van der Waals surface area contributed by atoms with E-state index in [2.05, 4.69) is 0 Å². The highest BCUT2D eigenvalue weighted by Crippen LogP contribution is 2.10. The van der Waals surface area contributed by atoms with Gasteiger partial charge in [-0.15, -0.1) is 0 Å². The van der Waals surface area contributed by atoms with Crippen LogP contribution in [-0.4, -0.2) is 17.7 Å². The van der Waals surface area contributed by atoms with Gasteiger partial charge in [-0.25, -0.2) is 9.90 Å². The van der Waals surface area contributed by atoms with Crippen LogP contribution in [0.2, 0.25) is 0 Å². The Balaban J connectivity index is 3.87. The summed E-state index contributed by atoms with van der Waals surface area (Å²) in [5.74, 6) is -0.635. The minimum atomic E-state index is -1.21. The fourth-order valence-electron chi connectivity index (χ4n) is 0.748. The van der Waals surface area contributed by atoms with E-state index in [1.807, 2.05) is 6.92 Å². The van der Waals surface area contributed by atoms with Crippen LogP contribution in [-0.2, 0) is 14.6 Å². The minimum absolute atomic E-state index is 0.356. The van der Waals surface area contributed by atoms with Crippen molar-refractivity contribution in [3.63, 3.8) is 0 Å². The Hall–Kier alpha value is -0.570. The van der Waals surface area contributed by atoms with Gasteiger partial charge in [-0.2, -0.15) is 0 Å². The van der Waals surface area contributed by atoms with E-state index in [-0.39, 0.29) is 0 Å². The molecule has 0 aliphatic heterocycles. The van der Waals surface area contributed by atoms with Gasteiger partial charge in [0.15, 0.2) is 6.10 Å². The fourth-order valence-corrected chi connectivity index (χ4v) is 0.748. The van der Waals surface area contributed by atoms with E-state index in [0.717, 1.165) is 0 Å². The number of esters is 1. The quantitative estimate of drug-likeness (QED) is 0.612. The van der Waals surface area contributed by atoms with Gasteiger partial charge >= 0.3 is 5.97 Å². The second-order valence-electron chi connectivity index (χ2n) is 3.81. The Morgan fingerprint density at radius 1 is 1.42 bits per heavy atom. The summed E-state index contributed by atoms with van der Waals surface area (Å²) < 4.78 is 4.90. The Kier molecular flexibility index (Phi) is 4.24. The zero-order valence-corrected chi connectivity index (χ0v) is 8.22. The largest absolute Gasteiger partial charge is 0.458 e. The maximum absolute atomic E-state index is 11.0. The predicted octanol–water partition coefficient (Wildman–Crippen LogP) is 1.93. The van der Waals surface area contributed by atoms with E-state index in [4.69, 9.17) is 4.74 Å². The third-order valence-corrected chi connectivity index (χ3v) is 1.22. The number of hydrogen-bond donors (Lipinski definition) is 0. The lowest BCUT2D eigenvalue weighted by Gasteiger charge is -2.20. The third-order valence-electron chi connectivity index (χ3n) is 1.22. The van der Waals surface area contributed by atoms with E-state index in [1.165, 1.54) is 0 Å². The van der Waals surface area contributed by atoms with Crippen LogP contribution in [0.15, 0.2) is 0 Å². The molecule has 3 heteroatoms. The summed E-state index contributed by atoms with van der Waals surface area (Å²) in [7, 11) is 0. The van der Waals surface area contributed by atoms with Crippen LogP contribution in [0.25, 0.3) is 0 Å². The van der Waals surface area contributed by atoms with Gasteiger partial charge in [0.05, 0.1) is 0 Å². The molecule has 12 heavy (non-hydrogen) atoms. The number of ether oxygens (including phenoxy) is 1. The molecule has 0 aromatic carbocycles. The average Bonchev–Trinajstić information content (AvgIpc) is 1.84. The Bertz CT molecular complexity index is 146. The lowest BCUT2D eigenvalue weighted by atomic mass is 10.1. The van der Waals surface area contributed by atoms with E-state index >= 15 is 0 Å². The van der Waals surface area contributed by atoms with Crippen molar-refractivity contribution < 1.29 is 14.6 Å². The highest BCUT2D eigenvalue weighted by atomic mass is 16.6. The van der Waals surface area contributed by atoms with E-state index in [9.17, 15) is 9.90 Å². The molecule has 1 atom stereocenters. The first kappa shape index (κ1) is 11.4. The van der Waals surface area contributed by atoms with Gasteiger partial charge in [0.25, 0.3) is 0 Å². The summed E-state index contributed by atoms with van der Waals surface area (Å²) in [5, 5.41) is 11.0. The molecule has 0 aliphatic carbocycles. The zero-order chi connectivity index (χ0) is 9.78. The summed E-state index contributed by atoms with van der Waals surface area (Å²) in [6, 6.07) is 0. The smallest absolute Gasteiger partial charge is 0.339 e. The molecule has 0 aromatic rings. The molecule has 0 aromatic heterocycles. The topological polar surface area (TPSA) is 46.2 Å². The SMILES string of the molecule is CCCC([O])C(=O)OC(C)(C)C. The van der Waals surface area contributed by atoms with Gasteiger partial charge in [-0.1, -0.05) is 13.3 Å². The molecule has 0 bridgehead atoms. The van der Waals surface area contributed by atoms with Crippen LogP contribution in [0.5, 0.6) is 0 Å². The van der Waals surface area contributed by atoms with E-state index in [0.29, 0.717) is 12.8 Å². The van der Waals surface area contributed by atoms with Gasteiger partial charge in [0.2, 0.25) is 0 Å². The van der Waals surface area contributed by atoms with Gasteiger partial charge in [-0.05, 0) is 27.2 Å². The van der Waals surface area contributed by atoms with Crippen LogP contribution >= 0.6 is 0 Å². The average molecular weight is 173 g/mol. The Morgan fingerprint density at radius 2 is 1.92 bits per heavy atom. The van der Waals surface area contributed by atoms with Crippen molar-refractivity contribution in [3.05, 3.63) is 0 Å². The van der Waals surface area contributed by atoms with Crippen molar-refractivity contribution in [3.8, 4) is 0 Å². The standard InChI is InChI=1S/C9H17O3/c1-5-6-7(10)8(11)12-9(2,3)4/h7H,5-6H2,1-4H3. The van der Waals surface area contributed by atoms with Crippen molar-refractivity contribution in [2.24, 2.45) is 0 Å². The predicted molar refractivity (Wildman–Crippen MR) is 45.2 cm³/mol. The summed E-state index contributed by atoms with van der Waals surface area (Å²) in [5.41, 5.74) is -0.548. The fraction of sp³-hybridized carbons (Fsp3) is 0.889. The number of rotatable bonds is 3. The molecular formula is C9H17O3. The van der Waals surface area contributed by atoms with Crippen LogP contribution in [0.3, 0.4) is 0 Å². The molecule has 1 radical (unpaired) electrons. The first-order chi connectivity index (χ1) is 5.37. The molecule has 1 unspecified atom stereocenters. The van der Waals surface area contributed by atoms with E-state index in [1.54, 1.807) is 20.8 Å². The van der Waals surface area contributed by atoms with Gasteiger partial charge in [-0.3, -0.25) is 0 Å². The van der Waals surface area contributed by atoms with Crippen molar-refractivity contribution >= 4 is 5.97 Å². The third kappa shape index (κ3) is 5.13. The number of carbonyl (C=O) groups is 1. The Morgan fingerprint density at radius 3 is 2.25 bits per heavy atom. The van der Waals surface area contributed by atoms with Crippen molar-refractivity contribution in [1.29, 1.82) is 0 Å². The molecule has 3 nitrogen and oxygen atoms in total. The summed E-state index contributed by atoms with van der Waals surface area (Å²) in [6.07, 6.45) is -0.142. The molecule has 0 saturated heterocycles. The lowest BCUT2D eigenvalue weighted by Crippen LogP contribution is -2.30. The molecule has 0 spiro atoms. The monoisotopic (exact) mass is 173 g/mol. The molecule has 0 saturated carbocycles. The van der Waals surface area contributed by atoms with Crippen LogP contribution < -0.4 is 0 Å². The number of carbonyl (C=O) groups excluding carboxylic acids is 1. The maximum atomic E-state index is 11.0. The summed E-state index contributed by atoms with van der Waals surface area (Å²) >= 11 is 0. The normalized spacial score (nSPS) is 14.1. The lowest BCUT2D eigenvalue weighted by molar-refractivity contribution is -0.169. The second-order valence-corrected chi connectivity index (χ2v) is 3.81. The Labute approximate surface area is 73.7 Å². The highest BCUT2D eigenvalue weighted by Gasteiger charge is 2.23. The summed E-state index contributed by atoms with van der Waals surface area (Å²) in [4.78, 5) is 11.0. The van der Waals surface area contributed by atoms with Gasteiger partial charge in [0, 0.05) is 0 Å². The molecule has 71 valence electrons. The first-order valence-corrected chi connectivity index (χ1v) is 4.25.